The van der Waals surface area contributed by atoms with Gasteiger partial charge in [0.05, 0.1) is 5.92 Å². The second-order valence-corrected chi connectivity index (χ2v) is 5.31. The van der Waals surface area contributed by atoms with E-state index in [0.717, 1.165) is 19.3 Å². The highest BCUT2D eigenvalue weighted by atomic mass is 16.5. The maximum atomic E-state index is 6.06. The number of nitrogens with zero attached hydrogens (tertiary/aromatic N) is 2. The lowest BCUT2D eigenvalue weighted by molar-refractivity contribution is 0.0217. The SMILES string of the molecule is CCOC(c1noc(C2CCCC2N)n1)C(C)C. The molecule has 0 aliphatic heterocycles. The van der Waals surface area contributed by atoms with Crippen molar-refractivity contribution in [3.63, 3.8) is 0 Å². The van der Waals surface area contributed by atoms with Crippen LogP contribution in [0.5, 0.6) is 0 Å². The fourth-order valence-corrected chi connectivity index (χ4v) is 2.55. The number of nitrogens with two attached hydrogens (primary N) is 1. The van der Waals surface area contributed by atoms with Crippen molar-refractivity contribution in [2.75, 3.05) is 6.61 Å². The molecule has 1 saturated carbocycles. The van der Waals surface area contributed by atoms with Crippen molar-refractivity contribution in [1.82, 2.24) is 10.1 Å². The van der Waals surface area contributed by atoms with Crippen LogP contribution in [0.25, 0.3) is 0 Å². The van der Waals surface area contributed by atoms with Gasteiger partial charge < -0.3 is 15.0 Å². The molecule has 0 radical (unpaired) electrons. The van der Waals surface area contributed by atoms with E-state index in [0.29, 0.717) is 24.2 Å². The Kier molecular flexibility index (Phi) is 4.35. The van der Waals surface area contributed by atoms with Crippen LogP contribution in [0.2, 0.25) is 0 Å². The highest BCUT2D eigenvalue weighted by Crippen LogP contribution is 2.33. The summed E-state index contributed by atoms with van der Waals surface area (Å²) in [6.07, 6.45) is 3.14. The lowest BCUT2D eigenvalue weighted by atomic mass is 10.0. The minimum atomic E-state index is -0.0925. The van der Waals surface area contributed by atoms with Crippen LogP contribution in [0.1, 0.15) is 63.8 Å². The Morgan fingerprint density at radius 3 is 2.78 bits per heavy atom. The molecule has 1 aromatic rings. The summed E-state index contributed by atoms with van der Waals surface area (Å²) in [6, 6.07) is 0.155. The molecule has 5 nitrogen and oxygen atoms in total. The quantitative estimate of drug-likeness (QED) is 0.872. The lowest BCUT2D eigenvalue weighted by Gasteiger charge is -2.16. The average Bonchev–Trinajstić information content (AvgIpc) is 2.93. The summed E-state index contributed by atoms with van der Waals surface area (Å²) in [7, 11) is 0. The van der Waals surface area contributed by atoms with Gasteiger partial charge in [-0.3, -0.25) is 0 Å². The fraction of sp³-hybridized carbons (Fsp3) is 0.846. The molecule has 2 rings (SSSR count). The van der Waals surface area contributed by atoms with Crippen molar-refractivity contribution < 1.29 is 9.26 Å². The molecular weight excluding hydrogens is 230 g/mol. The molecule has 0 bridgehead atoms. The van der Waals surface area contributed by atoms with E-state index >= 15 is 0 Å². The molecule has 3 atom stereocenters. The molecule has 0 amide bonds. The number of hydrogen-bond acceptors (Lipinski definition) is 5. The van der Waals surface area contributed by atoms with Gasteiger partial charge >= 0.3 is 0 Å². The van der Waals surface area contributed by atoms with Gasteiger partial charge in [0.2, 0.25) is 11.7 Å². The van der Waals surface area contributed by atoms with Crippen LogP contribution in [0, 0.1) is 5.92 Å². The van der Waals surface area contributed by atoms with Crippen LogP contribution in [-0.4, -0.2) is 22.8 Å². The third kappa shape index (κ3) is 2.72. The minimum absolute atomic E-state index is 0.0925. The smallest absolute Gasteiger partial charge is 0.231 e. The highest BCUT2D eigenvalue weighted by Gasteiger charge is 2.31. The van der Waals surface area contributed by atoms with E-state index in [4.69, 9.17) is 15.0 Å². The summed E-state index contributed by atoms with van der Waals surface area (Å²) in [5, 5.41) is 4.07. The fourth-order valence-electron chi connectivity index (χ4n) is 2.55. The standard InChI is InChI=1S/C13H23N3O2/c1-4-17-11(8(2)3)12-15-13(18-16-12)9-6-5-7-10(9)14/h8-11H,4-7,14H2,1-3H3. The van der Waals surface area contributed by atoms with E-state index in [2.05, 4.69) is 24.0 Å². The maximum Gasteiger partial charge on any atom is 0.231 e. The molecule has 18 heavy (non-hydrogen) atoms. The zero-order valence-electron chi connectivity index (χ0n) is 11.4. The van der Waals surface area contributed by atoms with Crippen LogP contribution in [-0.2, 0) is 4.74 Å². The molecule has 1 aliphatic carbocycles. The molecule has 1 heterocycles. The van der Waals surface area contributed by atoms with E-state index in [1.165, 1.54) is 0 Å². The predicted molar refractivity (Wildman–Crippen MR) is 68.1 cm³/mol. The van der Waals surface area contributed by atoms with E-state index < -0.39 is 0 Å². The van der Waals surface area contributed by atoms with Gasteiger partial charge in [-0.05, 0) is 25.7 Å². The van der Waals surface area contributed by atoms with Crippen molar-refractivity contribution in [1.29, 1.82) is 0 Å². The third-order valence-electron chi connectivity index (χ3n) is 3.55. The Balaban J connectivity index is 2.13. The zero-order valence-corrected chi connectivity index (χ0v) is 11.4. The Hall–Kier alpha value is -0.940. The van der Waals surface area contributed by atoms with Gasteiger partial charge in [0.25, 0.3) is 0 Å². The van der Waals surface area contributed by atoms with Crippen molar-refractivity contribution in [3.8, 4) is 0 Å². The maximum absolute atomic E-state index is 6.06. The molecule has 3 unspecified atom stereocenters. The van der Waals surface area contributed by atoms with Crippen molar-refractivity contribution in [2.24, 2.45) is 11.7 Å². The van der Waals surface area contributed by atoms with E-state index in [9.17, 15) is 0 Å². The summed E-state index contributed by atoms with van der Waals surface area (Å²) in [5.74, 6) is 1.88. The number of rotatable bonds is 5. The highest BCUT2D eigenvalue weighted by molar-refractivity contribution is 5.03. The molecule has 1 aliphatic rings. The number of aromatic nitrogens is 2. The van der Waals surface area contributed by atoms with Gasteiger partial charge in [-0.2, -0.15) is 4.98 Å². The number of ether oxygens (including phenoxy) is 1. The second-order valence-electron chi connectivity index (χ2n) is 5.31. The van der Waals surface area contributed by atoms with Crippen molar-refractivity contribution in [2.45, 2.75) is 58.1 Å². The largest absolute Gasteiger partial charge is 0.370 e. The van der Waals surface area contributed by atoms with Gasteiger partial charge in [0, 0.05) is 12.6 Å². The van der Waals surface area contributed by atoms with Crippen molar-refractivity contribution >= 4 is 0 Å². The Morgan fingerprint density at radius 1 is 1.44 bits per heavy atom. The third-order valence-corrected chi connectivity index (χ3v) is 3.55. The molecular formula is C13H23N3O2. The van der Waals surface area contributed by atoms with Crippen LogP contribution < -0.4 is 5.73 Å². The van der Waals surface area contributed by atoms with E-state index in [-0.39, 0.29) is 18.1 Å². The summed E-state index contributed by atoms with van der Waals surface area (Å²) in [4.78, 5) is 4.50. The summed E-state index contributed by atoms with van der Waals surface area (Å²) in [6.45, 7) is 6.81. The average molecular weight is 253 g/mol. The van der Waals surface area contributed by atoms with Crippen LogP contribution in [0.3, 0.4) is 0 Å². The molecule has 102 valence electrons. The second kappa shape index (κ2) is 5.80. The first-order chi connectivity index (χ1) is 8.63. The van der Waals surface area contributed by atoms with Gasteiger partial charge in [0.15, 0.2) is 0 Å². The topological polar surface area (TPSA) is 74.2 Å². The Bertz CT molecular complexity index is 378. The van der Waals surface area contributed by atoms with Crippen molar-refractivity contribution in [3.05, 3.63) is 11.7 Å². The first kappa shape index (κ1) is 13.5. The van der Waals surface area contributed by atoms with Crippen LogP contribution >= 0.6 is 0 Å². The predicted octanol–water partition coefficient (Wildman–Crippen LogP) is 2.40. The first-order valence-electron chi connectivity index (χ1n) is 6.84. The normalized spacial score (nSPS) is 25.8. The van der Waals surface area contributed by atoms with Gasteiger partial charge in [0.1, 0.15) is 6.10 Å². The van der Waals surface area contributed by atoms with E-state index in [1.807, 2.05) is 6.92 Å². The van der Waals surface area contributed by atoms with Gasteiger partial charge in [-0.1, -0.05) is 25.4 Å². The molecule has 2 N–H and O–H groups in total. The molecule has 5 heteroatoms. The Labute approximate surface area is 108 Å². The zero-order chi connectivity index (χ0) is 13.1. The number of hydrogen-bond donors (Lipinski definition) is 1. The summed E-state index contributed by atoms with van der Waals surface area (Å²) in [5.41, 5.74) is 6.06. The van der Waals surface area contributed by atoms with Gasteiger partial charge in [-0.25, -0.2) is 0 Å². The van der Waals surface area contributed by atoms with Crippen LogP contribution in [0.4, 0.5) is 0 Å². The monoisotopic (exact) mass is 253 g/mol. The molecule has 1 fully saturated rings. The van der Waals surface area contributed by atoms with Gasteiger partial charge in [-0.15, -0.1) is 0 Å². The minimum Gasteiger partial charge on any atom is -0.370 e. The lowest BCUT2D eigenvalue weighted by Crippen LogP contribution is -2.23. The molecule has 0 saturated heterocycles. The molecule has 0 spiro atoms. The summed E-state index contributed by atoms with van der Waals surface area (Å²) >= 11 is 0. The first-order valence-corrected chi connectivity index (χ1v) is 6.84. The van der Waals surface area contributed by atoms with Crippen LogP contribution in [0.15, 0.2) is 4.52 Å². The summed E-state index contributed by atoms with van der Waals surface area (Å²) < 4.78 is 11.1. The molecule has 1 aromatic heterocycles. The Morgan fingerprint density at radius 2 is 2.22 bits per heavy atom. The molecule has 0 aromatic carbocycles. The van der Waals surface area contributed by atoms with E-state index in [1.54, 1.807) is 0 Å².